The third-order valence-electron chi connectivity index (χ3n) is 14.9. The van der Waals surface area contributed by atoms with Crippen molar-refractivity contribution < 1.29 is 45.5 Å². The number of ether oxygens (including phenoxy) is 1. The number of H-pyrrole nitrogens is 1. The Morgan fingerprint density at radius 1 is 0.500 bits per heavy atom. The summed E-state index contributed by atoms with van der Waals surface area (Å²) in [5, 5.41) is 21.5. The highest BCUT2D eigenvalue weighted by molar-refractivity contribution is 6.05. The highest BCUT2D eigenvalue weighted by Crippen LogP contribution is 2.42. The van der Waals surface area contributed by atoms with Crippen LogP contribution in [0, 0.1) is 34.9 Å². The summed E-state index contributed by atoms with van der Waals surface area (Å²) in [6.45, 7) is 14.2. The number of rotatable bonds is 9. The van der Waals surface area contributed by atoms with E-state index in [0.29, 0.717) is 69.2 Å². The van der Waals surface area contributed by atoms with Crippen molar-refractivity contribution in [2.24, 2.45) is 0 Å². The number of aromatic amines is 1. The molecule has 0 atom stereocenters. The highest BCUT2D eigenvalue weighted by atomic mass is 19.2. The number of carbonyl (C=O) groups excluding carboxylic acids is 3. The standard InChI is InChI=1S/C22H18F2N4O2.C20H15F2N5O.C20H13F2N5O.2C2H6/c1-22(2)10-30-16-8-11(6-7-12(16)22)26-20-18-15(9-25-21(18)29)27-19(28-20)17-13(23)4-3-5-14(17)24;2*21-11-2-1-3-12(22)17(11)13-8-14(18-15(25-13)9-24-20(18)28)26-16-5-4-10-6-7-23-19(10)27-16;2*1-2/h3-8H,9-10H2,1-2H3,(H,25,29)(H,26,27,28);1-5,8H,6-7,9H2,(H,24,28)(H2,23,25,26,27);1-8H,9H2,(H,24,28)(H2,23,25,26,27);2*1-2H3. The van der Waals surface area contributed by atoms with Crippen LogP contribution < -0.4 is 42.0 Å². The van der Waals surface area contributed by atoms with E-state index in [9.17, 15) is 40.7 Å². The van der Waals surface area contributed by atoms with Crippen molar-refractivity contribution in [2.75, 3.05) is 34.4 Å². The monoisotopic (exact) mass is 1220 g/mol. The smallest absolute Gasteiger partial charge is 0.257 e. The molecular weight excluding hydrogens is 1170 g/mol. The highest BCUT2D eigenvalue weighted by Gasteiger charge is 2.34. The summed E-state index contributed by atoms with van der Waals surface area (Å²) in [7, 11) is 0. The maximum absolute atomic E-state index is 14.3. The molecule has 11 heterocycles. The van der Waals surface area contributed by atoms with Gasteiger partial charge in [-0.25, -0.2) is 56.2 Å². The molecule has 0 fully saturated rings. The number of nitrogens with one attached hydrogen (secondary N) is 8. The van der Waals surface area contributed by atoms with Crippen molar-refractivity contribution in [1.82, 2.24) is 50.8 Å². The Bertz CT molecular complexity index is 4420. The van der Waals surface area contributed by atoms with Crippen molar-refractivity contribution in [1.29, 1.82) is 0 Å². The van der Waals surface area contributed by atoms with Crippen LogP contribution in [0.3, 0.4) is 0 Å². The average molecular weight is 1230 g/mol. The molecule has 10 aromatic rings. The van der Waals surface area contributed by atoms with E-state index in [4.69, 9.17) is 4.74 Å². The van der Waals surface area contributed by atoms with Crippen LogP contribution in [0.2, 0.25) is 0 Å². The molecule has 0 bridgehead atoms. The Kier molecular flexibility index (Phi) is 17.2. The zero-order chi connectivity index (χ0) is 63.5. The fourth-order valence-corrected chi connectivity index (χ4v) is 10.7. The molecule has 0 unspecified atom stereocenters. The van der Waals surface area contributed by atoms with E-state index in [0.717, 1.165) is 53.2 Å². The van der Waals surface area contributed by atoms with Gasteiger partial charge in [0.15, 0.2) is 5.82 Å². The van der Waals surface area contributed by atoms with Gasteiger partial charge in [0.25, 0.3) is 17.7 Å². The van der Waals surface area contributed by atoms with Gasteiger partial charge in [-0.15, -0.1) is 0 Å². The molecule has 0 spiro atoms. The molecule has 24 heteroatoms. The van der Waals surface area contributed by atoms with Crippen LogP contribution in [-0.4, -0.2) is 65.8 Å². The predicted octanol–water partition coefficient (Wildman–Crippen LogP) is 13.4. The maximum atomic E-state index is 14.3. The second kappa shape index (κ2) is 25.4. The van der Waals surface area contributed by atoms with Gasteiger partial charge >= 0.3 is 0 Å². The molecule has 8 N–H and O–H groups in total. The topological polar surface area (TPSA) is 238 Å². The maximum Gasteiger partial charge on any atom is 0.257 e. The van der Waals surface area contributed by atoms with Gasteiger partial charge in [-0.2, -0.15) is 0 Å². The third-order valence-corrected chi connectivity index (χ3v) is 14.9. The zero-order valence-electron chi connectivity index (χ0n) is 49.4. The minimum atomic E-state index is -0.772. The molecule has 0 saturated carbocycles. The molecule has 18 nitrogen and oxygen atoms in total. The average Bonchev–Trinajstić information content (AvgIpc) is 1.55. The Labute approximate surface area is 511 Å². The van der Waals surface area contributed by atoms with E-state index >= 15 is 0 Å². The molecule has 3 amide bonds. The molecule has 4 aromatic carbocycles. The molecule has 5 aliphatic heterocycles. The molecule has 6 aromatic heterocycles. The largest absolute Gasteiger partial charge is 0.492 e. The van der Waals surface area contributed by atoms with E-state index in [1.165, 1.54) is 54.6 Å². The first kappa shape index (κ1) is 60.8. The number of hydrogen-bond acceptors (Lipinski definition) is 14. The number of pyridine rings is 4. The molecule has 458 valence electrons. The number of anilines is 7. The summed E-state index contributed by atoms with van der Waals surface area (Å²) in [5.41, 5.74) is 5.88. The lowest BCUT2D eigenvalue weighted by Gasteiger charge is -2.15. The fraction of sp³-hybridized carbons (Fsp3) is 0.197. The van der Waals surface area contributed by atoms with Crippen molar-refractivity contribution in [3.05, 3.63) is 201 Å². The van der Waals surface area contributed by atoms with Crippen molar-refractivity contribution in [2.45, 2.75) is 73.0 Å². The van der Waals surface area contributed by atoms with E-state index in [2.05, 4.69) is 86.0 Å². The van der Waals surface area contributed by atoms with Crippen LogP contribution in [0.25, 0.3) is 44.9 Å². The second-order valence-corrected chi connectivity index (χ2v) is 21.1. The Morgan fingerprint density at radius 2 is 1.01 bits per heavy atom. The van der Waals surface area contributed by atoms with Crippen LogP contribution in [0.1, 0.15) is 101 Å². The van der Waals surface area contributed by atoms with Gasteiger partial charge in [-0.3, -0.25) is 14.4 Å². The van der Waals surface area contributed by atoms with Crippen LogP contribution in [0.4, 0.5) is 66.7 Å². The first-order chi connectivity index (χ1) is 43.5. The predicted molar refractivity (Wildman–Crippen MR) is 330 cm³/mol. The number of halogens is 6. The van der Waals surface area contributed by atoms with Gasteiger partial charge in [0.1, 0.15) is 75.1 Å². The first-order valence-corrected chi connectivity index (χ1v) is 29.0. The van der Waals surface area contributed by atoms with Crippen LogP contribution in [-0.2, 0) is 31.5 Å². The lowest BCUT2D eigenvalue weighted by Crippen LogP contribution is -2.18. The number of fused-ring (bicyclic) bond motifs is 6. The van der Waals surface area contributed by atoms with E-state index in [1.807, 2.05) is 70.2 Å². The van der Waals surface area contributed by atoms with Gasteiger partial charge in [-0.05, 0) is 90.8 Å². The summed E-state index contributed by atoms with van der Waals surface area (Å²) in [5.74, 6) is -2.72. The van der Waals surface area contributed by atoms with Crippen molar-refractivity contribution in [3.8, 4) is 39.7 Å². The van der Waals surface area contributed by atoms with Crippen molar-refractivity contribution >= 4 is 69.1 Å². The van der Waals surface area contributed by atoms with Crippen LogP contribution in [0.5, 0.6) is 5.75 Å². The van der Waals surface area contributed by atoms with Gasteiger partial charge < -0.3 is 46.9 Å². The van der Waals surface area contributed by atoms with E-state index in [-0.39, 0.29) is 88.1 Å². The summed E-state index contributed by atoms with van der Waals surface area (Å²) in [6, 6.07) is 28.8. The summed E-state index contributed by atoms with van der Waals surface area (Å²) in [4.78, 5) is 66.0. The first-order valence-electron chi connectivity index (χ1n) is 29.0. The van der Waals surface area contributed by atoms with Gasteiger partial charge in [0.05, 0.1) is 93.9 Å². The molecule has 0 radical (unpaired) electrons. The molecule has 0 aliphatic carbocycles. The van der Waals surface area contributed by atoms with Gasteiger partial charge in [-0.1, -0.05) is 71.9 Å². The molecule has 5 aliphatic rings. The summed E-state index contributed by atoms with van der Waals surface area (Å²) < 4.78 is 91.5. The fourth-order valence-electron chi connectivity index (χ4n) is 10.7. The number of hydrogen-bond donors (Lipinski definition) is 8. The number of benzene rings is 4. The number of amides is 3. The SMILES string of the molecule is CC.CC.CC1(C)COc2cc(Nc3nc(-c4c(F)cccc4F)nc4c3C(=O)NC4)ccc21.O=C1NCc2nc(-c3c(F)cccc3F)cc(Nc3ccc4c(n3)NCC4)c21.O=C1NCc2nc(-c3c(F)cccc3F)cc(Nc3ccc4cc[nH]c4n3)c21. The summed E-state index contributed by atoms with van der Waals surface area (Å²) in [6.07, 6.45) is 2.68. The molecular formula is C66H58F6N14O4. The molecule has 0 saturated heterocycles. The minimum Gasteiger partial charge on any atom is -0.492 e. The van der Waals surface area contributed by atoms with Gasteiger partial charge in [0, 0.05) is 40.9 Å². The Morgan fingerprint density at radius 3 is 1.58 bits per heavy atom. The molecule has 15 rings (SSSR count). The van der Waals surface area contributed by atoms with Crippen molar-refractivity contribution in [3.63, 3.8) is 0 Å². The normalized spacial score (nSPS) is 13.9. The van der Waals surface area contributed by atoms with E-state index < -0.39 is 34.9 Å². The number of carbonyl (C=O) groups is 3. The van der Waals surface area contributed by atoms with Crippen LogP contribution >= 0.6 is 0 Å². The zero-order valence-corrected chi connectivity index (χ0v) is 49.4. The van der Waals surface area contributed by atoms with Crippen LogP contribution in [0.15, 0.2) is 121 Å². The quantitative estimate of drug-likeness (QED) is 0.0628. The Balaban J connectivity index is 0.000000135. The molecule has 90 heavy (non-hydrogen) atoms. The summed E-state index contributed by atoms with van der Waals surface area (Å²) >= 11 is 0. The van der Waals surface area contributed by atoms with E-state index in [1.54, 1.807) is 12.3 Å². The number of nitrogens with zero attached hydrogens (tertiary/aromatic N) is 6. The van der Waals surface area contributed by atoms with Gasteiger partial charge in [0.2, 0.25) is 0 Å². The lowest BCUT2D eigenvalue weighted by atomic mass is 9.87. The second-order valence-electron chi connectivity index (χ2n) is 21.1. The Hall–Kier alpha value is -10.9. The lowest BCUT2D eigenvalue weighted by molar-refractivity contribution is 0.0958. The number of aromatic nitrogens is 7. The third kappa shape index (κ3) is 12.0. The minimum absolute atomic E-state index is 0.0839.